The average Bonchev–Trinajstić information content (AvgIpc) is 3.20. The standard InChI is InChI=1S/C15H12N6S/c16-11-8-18-15-14(19-21-20-15)10(11)7-9-4-5-13(22-9)12-3-1-2-6-17-12/h1-6,8H,7,16H2,(H,18,19,20,21). The fourth-order valence-corrected chi connectivity index (χ4v) is 3.34. The Morgan fingerprint density at radius 3 is 2.91 bits per heavy atom. The van der Waals surface area contributed by atoms with Crippen molar-refractivity contribution in [2.24, 2.45) is 0 Å². The van der Waals surface area contributed by atoms with E-state index >= 15 is 0 Å². The number of nitrogens with zero attached hydrogens (tertiary/aromatic N) is 4. The average molecular weight is 308 g/mol. The maximum atomic E-state index is 6.06. The summed E-state index contributed by atoms with van der Waals surface area (Å²) >= 11 is 1.70. The van der Waals surface area contributed by atoms with Crippen LogP contribution in [-0.4, -0.2) is 25.4 Å². The largest absolute Gasteiger partial charge is 0.397 e. The van der Waals surface area contributed by atoms with Gasteiger partial charge in [0.25, 0.3) is 0 Å². The number of rotatable bonds is 3. The molecule has 0 saturated heterocycles. The molecule has 4 heterocycles. The molecule has 6 nitrogen and oxygen atoms in total. The van der Waals surface area contributed by atoms with Gasteiger partial charge in [0.05, 0.1) is 22.5 Å². The number of nitrogens with one attached hydrogen (secondary N) is 1. The van der Waals surface area contributed by atoms with Gasteiger partial charge in [0.2, 0.25) is 5.65 Å². The van der Waals surface area contributed by atoms with E-state index in [0.717, 1.165) is 21.7 Å². The van der Waals surface area contributed by atoms with Crippen LogP contribution in [0.4, 0.5) is 5.69 Å². The molecule has 4 aromatic heterocycles. The third kappa shape index (κ3) is 2.21. The number of aromatic nitrogens is 5. The van der Waals surface area contributed by atoms with Crippen LogP contribution < -0.4 is 5.73 Å². The zero-order valence-corrected chi connectivity index (χ0v) is 12.3. The van der Waals surface area contributed by atoms with Crippen molar-refractivity contribution < 1.29 is 0 Å². The highest BCUT2D eigenvalue weighted by Crippen LogP contribution is 2.30. The van der Waals surface area contributed by atoms with Crippen LogP contribution in [0.3, 0.4) is 0 Å². The van der Waals surface area contributed by atoms with Gasteiger partial charge in [-0.2, -0.15) is 10.3 Å². The van der Waals surface area contributed by atoms with Gasteiger partial charge in [0.15, 0.2) is 0 Å². The number of thiophene rings is 1. The Morgan fingerprint density at radius 1 is 1.09 bits per heavy atom. The van der Waals surface area contributed by atoms with Gasteiger partial charge < -0.3 is 5.73 Å². The van der Waals surface area contributed by atoms with Gasteiger partial charge in [-0.1, -0.05) is 6.07 Å². The number of fused-ring (bicyclic) bond motifs is 1. The first kappa shape index (κ1) is 12.9. The maximum Gasteiger partial charge on any atom is 0.201 e. The molecule has 108 valence electrons. The molecular formula is C15H12N6S. The maximum absolute atomic E-state index is 6.06. The summed E-state index contributed by atoms with van der Waals surface area (Å²) in [6.45, 7) is 0. The minimum Gasteiger partial charge on any atom is -0.397 e. The quantitative estimate of drug-likeness (QED) is 0.607. The second-order valence-corrected chi connectivity index (χ2v) is 6.01. The van der Waals surface area contributed by atoms with Gasteiger partial charge in [0.1, 0.15) is 5.52 Å². The van der Waals surface area contributed by atoms with Crippen LogP contribution in [0.2, 0.25) is 0 Å². The first-order valence-corrected chi connectivity index (χ1v) is 7.57. The van der Waals surface area contributed by atoms with Crippen molar-refractivity contribution in [2.45, 2.75) is 6.42 Å². The molecule has 0 aliphatic rings. The van der Waals surface area contributed by atoms with Crippen LogP contribution in [0.1, 0.15) is 10.4 Å². The van der Waals surface area contributed by atoms with Crippen LogP contribution in [0, 0.1) is 0 Å². The first-order valence-electron chi connectivity index (χ1n) is 6.75. The van der Waals surface area contributed by atoms with Gasteiger partial charge in [-0.15, -0.1) is 16.4 Å². The molecule has 7 heteroatoms. The molecule has 0 amide bonds. The number of hydrogen-bond donors (Lipinski definition) is 2. The molecular weight excluding hydrogens is 296 g/mol. The summed E-state index contributed by atoms with van der Waals surface area (Å²) in [5, 5.41) is 10.8. The molecule has 0 atom stereocenters. The molecule has 4 aromatic rings. The second-order valence-electron chi connectivity index (χ2n) is 4.85. The van der Waals surface area contributed by atoms with E-state index in [0.29, 0.717) is 17.8 Å². The Bertz CT molecular complexity index is 928. The van der Waals surface area contributed by atoms with Crippen LogP contribution in [0.5, 0.6) is 0 Å². The van der Waals surface area contributed by atoms with E-state index in [2.05, 4.69) is 37.5 Å². The Hall–Kier alpha value is -2.80. The smallest absolute Gasteiger partial charge is 0.201 e. The highest BCUT2D eigenvalue weighted by molar-refractivity contribution is 7.15. The van der Waals surface area contributed by atoms with Crippen molar-refractivity contribution in [2.75, 3.05) is 5.73 Å². The third-order valence-corrected chi connectivity index (χ3v) is 4.53. The van der Waals surface area contributed by atoms with E-state index in [4.69, 9.17) is 5.73 Å². The summed E-state index contributed by atoms with van der Waals surface area (Å²) in [6, 6.07) is 10.1. The lowest BCUT2D eigenvalue weighted by Gasteiger charge is -2.03. The number of hydrogen-bond acceptors (Lipinski definition) is 6. The minimum atomic E-state index is 0.589. The highest BCUT2D eigenvalue weighted by atomic mass is 32.1. The van der Waals surface area contributed by atoms with E-state index in [1.165, 1.54) is 4.88 Å². The SMILES string of the molecule is Nc1cnc2n[nH]nc2c1Cc1ccc(-c2ccccn2)s1. The van der Waals surface area contributed by atoms with Gasteiger partial charge in [-0.25, -0.2) is 4.98 Å². The molecule has 0 bridgehead atoms. The van der Waals surface area contributed by atoms with Crippen molar-refractivity contribution >= 4 is 28.2 Å². The Kier molecular flexibility index (Phi) is 3.05. The zero-order chi connectivity index (χ0) is 14.9. The van der Waals surface area contributed by atoms with E-state index in [-0.39, 0.29) is 0 Å². The summed E-state index contributed by atoms with van der Waals surface area (Å²) in [6.07, 6.45) is 4.14. The number of nitrogens with two attached hydrogens (primary N) is 1. The fourth-order valence-electron chi connectivity index (χ4n) is 2.34. The molecule has 0 spiro atoms. The normalized spacial score (nSPS) is 11.1. The summed E-state index contributed by atoms with van der Waals surface area (Å²) in [5.74, 6) is 0. The van der Waals surface area contributed by atoms with Crippen LogP contribution in [0.25, 0.3) is 21.7 Å². The van der Waals surface area contributed by atoms with Gasteiger partial charge in [-0.3, -0.25) is 4.98 Å². The summed E-state index contributed by atoms with van der Waals surface area (Å²) in [4.78, 5) is 10.9. The third-order valence-electron chi connectivity index (χ3n) is 3.42. The van der Waals surface area contributed by atoms with Crippen molar-refractivity contribution in [3.63, 3.8) is 0 Å². The zero-order valence-electron chi connectivity index (χ0n) is 11.5. The lowest BCUT2D eigenvalue weighted by Crippen LogP contribution is -1.97. The van der Waals surface area contributed by atoms with Crippen LogP contribution in [-0.2, 0) is 6.42 Å². The summed E-state index contributed by atoms with van der Waals surface area (Å²) in [7, 11) is 0. The molecule has 0 aliphatic carbocycles. The number of aromatic amines is 1. The number of anilines is 1. The molecule has 22 heavy (non-hydrogen) atoms. The van der Waals surface area contributed by atoms with Gasteiger partial charge in [-0.05, 0) is 24.3 Å². The molecule has 0 fully saturated rings. The predicted octanol–water partition coefficient (Wildman–Crippen LogP) is 2.65. The number of pyridine rings is 2. The molecule has 0 radical (unpaired) electrons. The Balaban J connectivity index is 1.70. The van der Waals surface area contributed by atoms with E-state index in [1.807, 2.05) is 18.2 Å². The van der Waals surface area contributed by atoms with Crippen molar-refractivity contribution in [3.8, 4) is 10.6 Å². The molecule has 0 aromatic carbocycles. The van der Waals surface area contributed by atoms with Gasteiger partial charge >= 0.3 is 0 Å². The molecule has 0 unspecified atom stereocenters. The van der Waals surface area contributed by atoms with E-state index in [9.17, 15) is 0 Å². The molecule has 3 N–H and O–H groups in total. The van der Waals surface area contributed by atoms with Crippen molar-refractivity contribution in [3.05, 3.63) is 53.2 Å². The summed E-state index contributed by atoms with van der Waals surface area (Å²) < 4.78 is 0. The number of H-pyrrole nitrogens is 1. The minimum absolute atomic E-state index is 0.589. The van der Waals surface area contributed by atoms with E-state index < -0.39 is 0 Å². The first-order chi connectivity index (χ1) is 10.8. The fraction of sp³-hybridized carbons (Fsp3) is 0.0667. The summed E-state index contributed by atoms with van der Waals surface area (Å²) in [5.41, 5.74) is 9.94. The van der Waals surface area contributed by atoms with Gasteiger partial charge in [0, 0.05) is 23.1 Å². The Morgan fingerprint density at radius 2 is 2.05 bits per heavy atom. The number of nitrogen functional groups attached to an aromatic ring is 1. The van der Waals surface area contributed by atoms with Crippen molar-refractivity contribution in [1.82, 2.24) is 25.4 Å². The molecule has 4 rings (SSSR count). The Labute approximate surface area is 130 Å². The van der Waals surface area contributed by atoms with Crippen LogP contribution >= 0.6 is 11.3 Å². The van der Waals surface area contributed by atoms with Crippen molar-refractivity contribution in [1.29, 1.82) is 0 Å². The second kappa shape index (κ2) is 5.19. The predicted molar refractivity (Wildman–Crippen MR) is 86.5 cm³/mol. The molecule has 0 aliphatic heterocycles. The topological polar surface area (TPSA) is 93.4 Å². The highest BCUT2D eigenvalue weighted by Gasteiger charge is 2.12. The lowest BCUT2D eigenvalue weighted by molar-refractivity contribution is 0.953. The lowest BCUT2D eigenvalue weighted by atomic mass is 10.1. The van der Waals surface area contributed by atoms with E-state index in [1.54, 1.807) is 23.7 Å². The monoisotopic (exact) mass is 308 g/mol. The molecule has 0 saturated carbocycles. The van der Waals surface area contributed by atoms with Crippen LogP contribution in [0.15, 0.2) is 42.7 Å².